The number of hydrogen-bond acceptors (Lipinski definition) is 5. The van der Waals surface area contributed by atoms with Crippen LogP contribution >= 0.6 is 0 Å². The molecule has 1 amide bonds. The molecule has 1 saturated heterocycles. The smallest absolute Gasteiger partial charge is 0.381 e. The molecule has 0 saturated carbocycles. The third-order valence-corrected chi connectivity index (χ3v) is 4.48. The second-order valence-corrected chi connectivity index (χ2v) is 6.54. The molecule has 1 aliphatic rings. The van der Waals surface area contributed by atoms with Crippen LogP contribution in [-0.2, 0) is 15.7 Å². The number of amides is 1. The van der Waals surface area contributed by atoms with Crippen molar-refractivity contribution in [1.82, 2.24) is 19.5 Å². The molecule has 7 nitrogen and oxygen atoms in total. The molecule has 1 aliphatic heterocycles. The molecule has 2 aromatic rings. The van der Waals surface area contributed by atoms with Crippen LogP contribution in [0.1, 0.15) is 36.7 Å². The van der Waals surface area contributed by atoms with Gasteiger partial charge in [0.05, 0.1) is 24.4 Å². The number of carbonyl (C=O) groups excluding carboxylic acids is 1. The van der Waals surface area contributed by atoms with Crippen LogP contribution in [0, 0.1) is 12.8 Å². The number of alkyl halides is 3. The summed E-state index contributed by atoms with van der Waals surface area (Å²) in [5, 5.41) is 2.63. The van der Waals surface area contributed by atoms with Crippen LogP contribution in [0.5, 0.6) is 0 Å². The lowest BCUT2D eigenvalue weighted by Gasteiger charge is -2.26. The Morgan fingerprint density at radius 2 is 2.04 bits per heavy atom. The predicted molar refractivity (Wildman–Crippen MR) is 89.8 cm³/mol. The number of aromatic nitrogens is 4. The first kappa shape index (κ1) is 19.3. The van der Waals surface area contributed by atoms with E-state index in [0.717, 1.165) is 25.4 Å². The lowest BCUT2D eigenvalue weighted by Crippen LogP contribution is -2.29. The van der Waals surface area contributed by atoms with Gasteiger partial charge in [-0.3, -0.25) is 9.78 Å². The Labute approximate surface area is 154 Å². The average molecular weight is 383 g/mol. The molecule has 1 fully saturated rings. The first-order valence-electron chi connectivity index (χ1n) is 8.61. The van der Waals surface area contributed by atoms with Crippen LogP contribution in [0.15, 0.2) is 24.9 Å². The number of anilines is 1. The highest BCUT2D eigenvalue weighted by atomic mass is 19.4. The molecule has 146 valence electrons. The van der Waals surface area contributed by atoms with Gasteiger partial charge in [0.25, 0.3) is 0 Å². The van der Waals surface area contributed by atoms with Crippen molar-refractivity contribution < 1.29 is 22.7 Å². The zero-order valence-corrected chi connectivity index (χ0v) is 14.7. The van der Waals surface area contributed by atoms with Gasteiger partial charge in [0, 0.05) is 19.4 Å². The highest BCUT2D eigenvalue weighted by Gasteiger charge is 2.35. The summed E-state index contributed by atoms with van der Waals surface area (Å²) in [5.74, 6) is -0.0279. The molecular weight excluding hydrogens is 363 g/mol. The van der Waals surface area contributed by atoms with Crippen molar-refractivity contribution in [3.8, 4) is 0 Å². The molecule has 1 N–H and O–H groups in total. The minimum atomic E-state index is -4.56. The van der Waals surface area contributed by atoms with E-state index in [-0.39, 0.29) is 11.7 Å². The largest absolute Gasteiger partial charge is 0.434 e. The molecular formula is C17H20F3N5O2. The number of hydrogen-bond donors (Lipinski definition) is 1. The van der Waals surface area contributed by atoms with E-state index in [4.69, 9.17) is 4.74 Å². The van der Waals surface area contributed by atoms with E-state index < -0.39 is 23.8 Å². The van der Waals surface area contributed by atoms with Gasteiger partial charge in [-0.25, -0.2) is 9.97 Å². The van der Waals surface area contributed by atoms with Gasteiger partial charge in [0.15, 0.2) is 11.5 Å². The Kier molecular flexibility index (Phi) is 5.73. The lowest BCUT2D eigenvalue weighted by molar-refractivity contribution is -0.141. The van der Waals surface area contributed by atoms with Crippen LogP contribution < -0.4 is 5.32 Å². The van der Waals surface area contributed by atoms with E-state index in [1.54, 1.807) is 6.92 Å². The number of aryl methyl sites for hydroxylation is 1. The SMILES string of the molecule is Cc1cnc(NC(=O)C(CC2CCOCC2)n2cnc(C(F)(F)F)c2)cn1. The van der Waals surface area contributed by atoms with Gasteiger partial charge in [0.1, 0.15) is 6.04 Å². The molecule has 3 heterocycles. The van der Waals surface area contributed by atoms with Crippen LogP contribution in [0.3, 0.4) is 0 Å². The lowest BCUT2D eigenvalue weighted by atomic mass is 9.92. The van der Waals surface area contributed by atoms with Gasteiger partial charge in [-0.2, -0.15) is 13.2 Å². The minimum absolute atomic E-state index is 0.176. The van der Waals surface area contributed by atoms with Crippen molar-refractivity contribution in [2.75, 3.05) is 18.5 Å². The van der Waals surface area contributed by atoms with E-state index in [1.807, 2.05) is 0 Å². The molecule has 3 rings (SSSR count). The zero-order valence-electron chi connectivity index (χ0n) is 14.7. The van der Waals surface area contributed by atoms with Gasteiger partial charge in [-0.05, 0) is 32.1 Å². The quantitative estimate of drug-likeness (QED) is 0.858. The number of nitrogens with zero attached hydrogens (tertiary/aromatic N) is 4. The van der Waals surface area contributed by atoms with Gasteiger partial charge in [0.2, 0.25) is 5.91 Å². The number of rotatable bonds is 5. The molecule has 1 unspecified atom stereocenters. The van der Waals surface area contributed by atoms with Crippen molar-refractivity contribution in [2.24, 2.45) is 5.92 Å². The van der Waals surface area contributed by atoms with E-state index in [1.165, 1.54) is 17.0 Å². The maximum atomic E-state index is 12.9. The molecule has 2 aromatic heterocycles. The summed E-state index contributed by atoms with van der Waals surface area (Å²) in [6.45, 7) is 2.93. The predicted octanol–water partition coefficient (Wildman–Crippen LogP) is 3.00. The number of imidazole rings is 1. The first-order chi connectivity index (χ1) is 12.8. The summed E-state index contributed by atoms with van der Waals surface area (Å²) in [6.07, 6.45) is 2.17. The fraction of sp³-hybridized carbons (Fsp3) is 0.529. The van der Waals surface area contributed by atoms with Crippen molar-refractivity contribution >= 4 is 11.7 Å². The van der Waals surface area contributed by atoms with E-state index in [0.29, 0.717) is 25.3 Å². The second-order valence-electron chi connectivity index (χ2n) is 6.54. The van der Waals surface area contributed by atoms with Gasteiger partial charge >= 0.3 is 6.18 Å². The molecule has 0 aromatic carbocycles. The summed E-state index contributed by atoms with van der Waals surface area (Å²) < 4.78 is 45.2. The summed E-state index contributed by atoms with van der Waals surface area (Å²) in [4.78, 5) is 24.3. The topological polar surface area (TPSA) is 81.9 Å². The van der Waals surface area contributed by atoms with Crippen molar-refractivity contribution in [1.29, 1.82) is 0 Å². The third kappa shape index (κ3) is 5.03. The van der Waals surface area contributed by atoms with Crippen LogP contribution in [0.4, 0.5) is 19.0 Å². The number of nitrogens with one attached hydrogen (secondary N) is 1. The van der Waals surface area contributed by atoms with Crippen molar-refractivity contribution in [3.05, 3.63) is 36.3 Å². The Morgan fingerprint density at radius 3 is 2.63 bits per heavy atom. The summed E-state index contributed by atoms with van der Waals surface area (Å²) in [6, 6.07) is -0.834. The van der Waals surface area contributed by atoms with Gasteiger partial charge in [-0.15, -0.1) is 0 Å². The highest BCUT2D eigenvalue weighted by Crippen LogP contribution is 2.31. The zero-order chi connectivity index (χ0) is 19.4. The molecule has 1 atom stereocenters. The van der Waals surface area contributed by atoms with Gasteiger partial charge < -0.3 is 14.6 Å². The Bertz CT molecular complexity index is 770. The van der Waals surface area contributed by atoms with Crippen LogP contribution in [0.2, 0.25) is 0 Å². The summed E-state index contributed by atoms with van der Waals surface area (Å²) in [7, 11) is 0. The Hall–Kier alpha value is -2.49. The number of carbonyl (C=O) groups is 1. The number of ether oxygens (including phenoxy) is 1. The van der Waals surface area contributed by atoms with Crippen molar-refractivity contribution in [3.63, 3.8) is 0 Å². The summed E-state index contributed by atoms with van der Waals surface area (Å²) in [5.41, 5.74) is -0.335. The number of halogens is 3. The van der Waals surface area contributed by atoms with Crippen molar-refractivity contribution in [2.45, 2.75) is 38.4 Å². The fourth-order valence-electron chi connectivity index (χ4n) is 2.98. The van der Waals surface area contributed by atoms with Crippen LogP contribution in [-0.4, -0.2) is 38.6 Å². The third-order valence-electron chi connectivity index (χ3n) is 4.48. The maximum Gasteiger partial charge on any atom is 0.434 e. The molecule has 0 radical (unpaired) electrons. The van der Waals surface area contributed by atoms with E-state index in [9.17, 15) is 18.0 Å². The monoisotopic (exact) mass is 383 g/mol. The van der Waals surface area contributed by atoms with E-state index >= 15 is 0 Å². The first-order valence-corrected chi connectivity index (χ1v) is 8.61. The maximum absolute atomic E-state index is 12.9. The standard InChI is InChI=1S/C17H20F3N5O2/c1-11-7-22-15(8-21-11)24-16(26)13(6-12-2-4-27-5-3-12)25-9-14(23-10-25)17(18,19)20/h7-10,12-13H,2-6H2,1H3,(H,22,24,26). The normalized spacial score (nSPS) is 16.9. The van der Waals surface area contributed by atoms with Crippen LogP contribution in [0.25, 0.3) is 0 Å². The Morgan fingerprint density at radius 1 is 1.30 bits per heavy atom. The van der Waals surface area contributed by atoms with E-state index in [2.05, 4.69) is 20.3 Å². The second kappa shape index (κ2) is 8.03. The van der Waals surface area contributed by atoms with Gasteiger partial charge in [-0.1, -0.05) is 0 Å². The highest BCUT2D eigenvalue weighted by molar-refractivity contribution is 5.92. The molecule has 27 heavy (non-hydrogen) atoms. The average Bonchev–Trinajstić information content (AvgIpc) is 3.12. The molecule has 0 spiro atoms. The molecule has 0 bridgehead atoms. The molecule has 0 aliphatic carbocycles. The minimum Gasteiger partial charge on any atom is -0.381 e. The fourth-order valence-corrected chi connectivity index (χ4v) is 2.98. The molecule has 10 heteroatoms. The Balaban J connectivity index is 1.80. The summed E-state index contributed by atoms with van der Waals surface area (Å²) >= 11 is 0.